The average Bonchev–Trinajstić information content (AvgIpc) is 3.39. The van der Waals surface area contributed by atoms with Gasteiger partial charge in [0.15, 0.2) is 9.84 Å². The lowest BCUT2D eigenvalue weighted by atomic mass is 10.1. The first-order valence-electron chi connectivity index (χ1n) is 11.2. The van der Waals surface area contributed by atoms with Crippen LogP contribution < -0.4 is 10.2 Å². The molecule has 1 aromatic heterocycles. The topological polar surface area (TPSA) is 101 Å². The molecule has 0 aliphatic carbocycles. The Hall–Kier alpha value is -3.46. The standard InChI is InChI=1S/C25H26N4O4S/c1-15-4-7-19(8-5-15)28-12-18(11-23(28)30)25(31)26-24-20-13-34(32,33)14-21(20)27-29(24)22-9-6-16(2)10-17(22)3/h4-10,18H,11-14H2,1-3H3,(H,26,31). The number of sulfone groups is 1. The Labute approximate surface area is 198 Å². The van der Waals surface area contributed by atoms with Crippen LogP contribution in [-0.4, -0.2) is 36.6 Å². The van der Waals surface area contributed by atoms with Gasteiger partial charge in [-0.15, -0.1) is 0 Å². The molecular formula is C25H26N4O4S. The minimum atomic E-state index is -3.30. The molecule has 2 aromatic carbocycles. The molecule has 176 valence electrons. The van der Waals surface area contributed by atoms with Crippen molar-refractivity contribution in [3.05, 3.63) is 70.4 Å². The third kappa shape index (κ3) is 4.00. The average molecular weight is 479 g/mol. The Morgan fingerprint density at radius 2 is 1.74 bits per heavy atom. The van der Waals surface area contributed by atoms with E-state index in [1.54, 1.807) is 9.58 Å². The van der Waals surface area contributed by atoms with Crippen LogP contribution >= 0.6 is 0 Å². The van der Waals surface area contributed by atoms with Crippen LogP contribution in [0.25, 0.3) is 5.69 Å². The van der Waals surface area contributed by atoms with Crippen LogP contribution in [-0.2, 0) is 30.9 Å². The number of hydrogen-bond acceptors (Lipinski definition) is 5. The Morgan fingerprint density at radius 1 is 1.03 bits per heavy atom. The van der Waals surface area contributed by atoms with Gasteiger partial charge in [0.05, 0.1) is 28.8 Å². The minimum absolute atomic E-state index is 0.0951. The van der Waals surface area contributed by atoms with E-state index in [4.69, 9.17) is 0 Å². The second-order valence-corrected chi connectivity index (χ2v) is 11.3. The van der Waals surface area contributed by atoms with Gasteiger partial charge < -0.3 is 10.2 Å². The maximum absolute atomic E-state index is 13.3. The summed E-state index contributed by atoms with van der Waals surface area (Å²) in [5.41, 5.74) is 5.66. The number of rotatable bonds is 4. The largest absolute Gasteiger partial charge is 0.312 e. The first-order chi connectivity index (χ1) is 16.1. The van der Waals surface area contributed by atoms with Crippen molar-refractivity contribution >= 4 is 33.2 Å². The number of hydrogen-bond donors (Lipinski definition) is 1. The molecule has 3 heterocycles. The van der Waals surface area contributed by atoms with Gasteiger partial charge in [0.1, 0.15) is 5.82 Å². The third-order valence-electron chi connectivity index (χ3n) is 6.45. The first-order valence-corrected chi connectivity index (χ1v) is 13.0. The maximum Gasteiger partial charge on any atom is 0.230 e. The summed E-state index contributed by atoms with van der Waals surface area (Å²) in [4.78, 5) is 27.6. The summed E-state index contributed by atoms with van der Waals surface area (Å²) < 4.78 is 26.1. The van der Waals surface area contributed by atoms with Gasteiger partial charge in [-0.2, -0.15) is 5.10 Å². The quantitative estimate of drug-likeness (QED) is 0.621. The van der Waals surface area contributed by atoms with Gasteiger partial charge in [0, 0.05) is 24.2 Å². The van der Waals surface area contributed by atoms with Crippen LogP contribution in [0.5, 0.6) is 0 Å². The number of amides is 2. The molecule has 8 nitrogen and oxygen atoms in total. The number of fused-ring (bicyclic) bond motifs is 1. The lowest BCUT2D eigenvalue weighted by Crippen LogP contribution is -2.29. The monoisotopic (exact) mass is 478 g/mol. The van der Waals surface area contributed by atoms with Crippen molar-refractivity contribution in [3.8, 4) is 5.69 Å². The number of carbonyl (C=O) groups is 2. The lowest BCUT2D eigenvalue weighted by molar-refractivity contribution is -0.122. The fraction of sp³-hybridized carbons (Fsp3) is 0.320. The van der Waals surface area contributed by atoms with Gasteiger partial charge in [-0.25, -0.2) is 13.1 Å². The molecule has 0 saturated carbocycles. The first kappa shape index (κ1) is 22.3. The normalized spacial score (nSPS) is 18.9. The van der Waals surface area contributed by atoms with Gasteiger partial charge in [-0.1, -0.05) is 35.4 Å². The van der Waals surface area contributed by atoms with Crippen molar-refractivity contribution in [2.45, 2.75) is 38.7 Å². The smallest absolute Gasteiger partial charge is 0.230 e. The number of anilines is 2. The van der Waals surface area contributed by atoms with E-state index in [0.717, 1.165) is 28.1 Å². The van der Waals surface area contributed by atoms with Crippen molar-refractivity contribution in [2.24, 2.45) is 5.92 Å². The van der Waals surface area contributed by atoms with Crippen LogP contribution in [0.4, 0.5) is 11.5 Å². The van der Waals surface area contributed by atoms with Crippen molar-refractivity contribution in [1.82, 2.24) is 9.78 Å². The highest BCUT2D eigenvalue weighted by molar-refractivity contribution is 7.90. The zero-order chi connectivity index (χ0) is 24.2. The molecule has 2 amide bonds. The van der Waals surface area contributed by atoms with Crippen molar-refractivity contribution < 1.29 is 18.0 Å². The van der Waals surface area contributed by atoms with Gasteiger partial charge in [-0.3, -0.25) is 9.59 Å². The zero-order valence-electron chi connectivity index (χ0n) is 19.3. The molecule has 5 rings (SSSR count). The molecule has 1 fully saturated rings. The molecule has 1 saturated heterocycles. The van der Waals surface area contributed by atoms with Crippen molar-refractivity contribution in [3.63, 3.8) is 0 Å². The molecule has 3 aromatic rings. The van der Waals surface area contributed by atoms with Crippen LogP contribution in [0.3, 0.4) is 0 Å². The number of nitrogens with one attached hydrogen (secondary N) is 1. The fourth-order valence-corrected chi connectivity index (χ4v) is 6.16. The van der Waals surface area contributed by atoms with Crippen LogP contribution in [0.2, 0.25) is 0 Å². The lowest BCUT2D eigenvalue weighted by Gasteiger charge is -2.18. The summed E-state index contributed by atoms with van der Waals surface area (Å²) in [7, 11) is -3.30. The maximum atomic E-state index is 13.3. The second kappa shape index (κ2) is 8.09. The summed E-state index contributed by atoms with van der Waals surface area (Å²) in [6.45, 7) is 6.19. The van der Waals surface area contributed by atoms with Crippen molar-refractivity contribution in [1.29, 1.82) is 0 Å². The highest BCUT2D eigenvalue weighted by Gasteiger charge is 2.38. The Balaban J connectivity index is 1.45. The van der Waals surface area contributed by atoms with E-state index in [1.165, 1.54) is 0 Å². The molecule has 0 bridgehead atoms. The van der Waals surface area contributed by atoms with Gasteiger partial charge in [-0.05, 0) is 44.5 Å². The summed E-state index contributed by atoms with van der Waals surface area (Å²) in [5, 5.41) is 7.49. The third-order valence-corrected chi connectivity index (χ3v) is 7.89. The number of aryl methyl sites for hydroxylation is 3. The van der Waals surface area contributed by atoms with Gasteiger partial charge in [0.2, 0.25) is 11.8 Å². The van der Waals surface area contributed by atoms with E-state index in [-0.39, 0.29) is 36.3 Å². The number of aromatic nitrogens is 2. The highest BCUT2D eigenvalue weighted by atomic mass is 32.2. The number of nitrogens with zero attached hydrogens (tertiary/aromatic N) is 3. The van der Waals surface area contributed by atoms with Crippen LogP contribution in [0, 0.1) is 26.7 Å². The summed E-state index contributed by atoms with van der Waals surface area (Å²) in [5.74, 6) is -0.923. The van der Waals surface area contributed by atoms with E-state index in [2.05, 4.69) is 10.4 Å². The van der Waals surface area contributed by atoms with Gasteiger partial charge >= 0.3 is 0 Å². The molecule has 1 N–H and O–H groups in total. The van der Waals surface area contributed by atoms with E-state index >= 15 is 0 Å². The second-order valence-electron chi connectivity index (χ2n) is 9.24. The molecule has 1 atom stereocenters. The van der Waals surface area contributed by atoms with Crippen LogP contribution in [0.15, 0.2) is 42.5 Å². The van der Waals surface area contributed by atoms with Crippen LogP contribution in [0.1, 0.15) is 34.4 Å². The summed E-state index contributed by atoms with van der Waals surface area (Å²) in [6.07, 6.45) is 0.0951. The zero-order valence-corrected chi connectivity index (χ0v) is 20.1. The van der Waals surface area contributed by atoms with E-state index < -0.39 is 15.8 Å². The molecule has 2 aliphatic heterocycles. The van der Waals surface area contributed by atoms with E-state index in [0.29, 0.717) is 17.1 Å². The molecular weight excluding hydrogens is 452 g/mol. The molecule has 2 aliphatic rings. The Morgan fingerprint density at radius 3 is 2.44 bits per heavy atom. The molecule has 0 radical (unpaired) electrons. The number of benzene rings is 2. The summed E-state index contributed by atoms with van der Waals surface area (Å²) >= 11 is 0. The van der Waals surface area contributed by atoms with E-state index in [9.17, 15) is 18.0 Å². The SMILES string of the molecule is Cc1ccc(N2CC(C(=O)Nc3c4c(nn3-c3ccc(C)cc3C)CS(=O)(=O)C4)CC2=O)cc1. The molecule has 1 unspecified atom stereocenters. The van der Waals surface area contributed by atoms with Crippen molar-refractivity contribution in [2.75, 3.05) is 16.8 Å². The predicted molar refractivity (Wildman–Crippen MR) is 130 cm³/mol. The Bertz CT molecular complexity index is 1420. The molecule has 0 spiro atoms. The van der Waals surface area contributed by atoms with Gasteiger partial charge in [0.25, 0.3) is 0 Å². The minimum Gasteiger partial charge on any atom is -0.312 e. The predicted octanol–water partition coefficient (Wildman–Crippen LogP) is 3.22. The van der Waals surface area contributed by atoms with E-state index in [1.807, 2.05) is 63.2 Å². The highest BCUT2D eigenvalue weighted by Crippen LogP contribution is 2.35. The fourth-order valence-electron chi connectivity index (χ4n) is 4.66. The molecule has 9 heteroatoms. The number of carbonyl (C=O) groups excluding carboxylic acids is 2. The molecule has 34 heavy (non-hydrogen) atoms. The summed E-state index contributed by atoms with van der Waals surface area (Å²) in [6, 6.07) is 13.5. The Kier molecular flexibility index (Phi) is 5.31.